The van der Waals surface area contributed by atoms with Gasteiger partial charge in [-0.3, -0.25) is 4.79 Å². The fraction of sp³-hybridized carbons (Fsp3) is 0.333. The molecule has 0 aromatic carbocycles. The van der Waals surface area contributed by atoms with Gasteiger partial charge in [-0.25, -0.2) is 4.98 Å². The van der Waals surface area contributed by atoms with Crippen molar-refractivity contribution in [1.82, 2.24) is 4.98 Å². The van der Waals surface area contributed by atoms with Crippen molar-refractivity contribution in [3.8, 4) is 0 Å². The maximum Gasteiger partial charge on any atom is 0.433 e. The Hall–Kier alpha value is -2.05. The first kappa shape index (κ1) is 13.4. The molecule has 0 spiro atoms. The van der Waals surface area contributed by atoms with Crippen molar-refractivity contribution in [3.05, 3.63) is 36.0 Å². The summed E-state index contributed by atoms with van der Waals surface area (Å²) in [5.74, 6) is -1.48. The second kappa shape index (κ2) is 4.91. The Kier molecular flexibility index (Phi) is 3.46. The first-order valence-electron chi connectivity index (χ1n) is 5.58. The predicted octanol–water partition coefficient (Wildman–Crippen LogP) is 2.54. The first-order chi connectivity index (χ1) is 8.86. The van der Waals surface area contributed by atoms with Crippen LogP contribution < -0.4 is 5.32 Å². The van der Waals surface area contributed by atoms with Gasteiger partial charge in [0.15, 0.2) is 0 Å². The summed E-state index contributed by atoms with van der Waals surface area (Å²) in [7, 11) is 0. The minimum Gasteiger partial charge on any atom is -0.481 e. The molecule has 0 radical (unpaired) electrons. The fourth-order valence-electron chi connectivity index (χ4n) is 1.85. The lowest BCUT2D eigenvalue weighted by atomic mass is 10.1. The number of aliphatic carboxylic acids is 1. The Bertz CT molecular complexity index is 514. The molecular formula is C12H11F3N2O2. The quantitative estimate of drug-likeness (QED) is 0.830. The van der Waals surface area contributed by atoms with E-state index in [1.54, 1.807) is 6.08 Å². The van der Waals surface area contributed by atoms with Crippen LogP contribution in [0.2, 0.25) is 0 Å². The lowest BCUT2D eigenvalue weighted by Crippen LogP contribution is -2.20. The van der Waals surface area contributed by atoms with Gasteiger partial charge in [-0.05, 0) is 18.6 Å². The molecule has 4 nitrogen and oxygen atoms in total. The van der Waals surface area contributed by atoms with E-state index < -0.39 is 23.8 Å². The number of carboxylic acids is 1. The van der Waals surface area contributed by atoms with Crippen molar-refractivity contribution in [1.29, 1.82) is 0 Å². The zero-order valence-corrected chi connectivity index (χ0v) is 9.69. The number of pyridine rings is 1. The molecule has 102 valence electrons. The van der Waals surface area contributed by atoms with Crippen LogP contribution in [-0.2, 0) is 11.0 Å². The normalized spacial score (nSPS) is 22.5. The van der Waals surface area contributed by atoms with E-state index in [1.165, 1.54) is 18.2 Å². The molecule has 0 fully saturated rings. The number of nitrogens with one attached hydrogen (secondary N) is 1. The number of rotatable bonds is 3. The SMILES string of the molecule is O=C(O)C1C=CC(Nc2cccc(C(F)(F)F)n2)C1. The maximum atomic E-state index is 12.5. The number of carboxylic acid groups (broad SMARTS) is 1. The third-order valence-electron chi connectivity index (χ3n) is 2.77. The number of hydrogen-bond donors (Lipinski definition) is 2. The lowest BCUT2D eigenvalue weighted by Gasteiger charge is -2.14. The van der Waals surface area contributed by atoms with Gasteiger partial charge in [0.05, 0.1) is 5.92 Å². The Morgan fingerprint density at radius 1 is 1.37 bits per heavy atom. The number of halogens is 3. The van der Waals surface area contributed by atoms with Crippen LogP contribution in [0.5, 0.6) is 0 Å². The maximum absolute atomic E-state index is 12.5. The molecule has 1 aliphatic rings. The molecule has 2 atom stereocenters. The number of carbonyl (C=O) groups is 1. The van der Waals surface area contributed by atoms with Gasteiger partial charge < -0.3 is 10.4 Å². The van der Waals surface area contributed by atoms with Crippen LogP contribution in [0.15, 0.2) is 30.4 Å². The summed E-state index contributed by atoms with van der Waals surface area (Å²) in [6.07, 6.45) is -1.05. The third kappa shape index (κ3) is 3.24. The van der Waals surface area contributed by atoms with Crippen LogP contribution in [0.3, 0.4) is 0 Å². The van der Waals surface area contributed by atoms with Gasteiger partial charge in [-0.1, -0.05) is 18.2 Å². The Balaban J connectivity index is 2.05. The largest absolute Gasteiger partial charge is 0.481 e. The van der Waals surface area contributed by atoms with Crippen LogP contribution in [-0.4, -0.2) is 22.1 Å². The minimum atomic E-state index is -4.49. The van der Waals surface area contributed by atoms with Gasteiger partial charge in [0.25, 0.3) is 0 Å². The van der Waals surface area contributed by atoms with E-state index in [-0.39, 0.29) is 11.9 Å². The van der Waals surface area contributed by atoms with Gasteiger partial charge in [-0.2, -0.15) is 13.2 Å². The highest BCUT2D eigenvalue weighted by Crippen LogP contribution is 2.29. The molecule has 0 bridgehead atoms. The average molecular weight is 272 g/mol. The highest BCUT2D eigenvalue weighted by Gasteiger charge is 2.32. The summed E-state index contributed by atoms with van der Waals surface area (Å²) in [5.41, 5.74) is -0.978. The molecule has 7 heteroatoms. The van der Waals surface area contributed by atoms with Crippen molar-refractivity contribution < 1.29 is 23.1 Å². The Morgan fingerprint density at radius 3 is 2.68 bits per heavy atom. The molecular weight excluding hydrogens is 261 g/mol. The molecule has 1 aliphatic carbocycles. The van der Waals surface area contributed by atoms with E-state index in [1.807, 2.05) is 0 Å². The summed E-state index contributed by atoms with van der Waals surface area (Å²) in [6, 6.07) is 3.23. The van der Waals surface area contributed by atoms with Crippen LogP contribution in [0, 0.1) is 5.92 Å². The van der Waals surface area contributed by atoms with Gasteiger partial charge in [0.1, 0.15) is 11.5 Å². The molecule has 2 rings (SSSR count). The number of nitrogens with zero attached hydrogens (tertiary/aromatic N) is 1. The van der Waals surface area contributed by atoms with E-state index in [0.29, 0.717) is 6.42 Å². The second-order valence-corrected chi connectivity index (χ2v) is 4.22. The second-order valence-electron chi connectivity index (χ2n) is 4.22. The van der Waals surface area contributed by atoms with E-state index in [2.05, 4.69) is 10.3 Å². The van der Waals surface area contributed by atoms with Crippen molar-refractivity contribution in [2.45, 2.75) is 18.6 Å². The first-order valence-corrected chi connectivity index (χ1v) is 5.58. The van der Waals surface area contributed by atoms with Crippen LogP contribution in [0.4, 0.5) is 19.0 Å². The summed E-state index contributed by atoms with van der Waals surface area (Å²) in [6.45, 7) is 0. The van der Waals surface area contributed by atoms with Crippen LogP contribution >= 0.6 is 0 Å². The highest BCUT2D eigenvalue weighted by atomic mass is 19.4. The summed E-state index contributed by atoms with van der Waals surface area (Å²) < 4.78 is 37.4. The van der Waals surface area contributed by atoms with Crippen molar-refractivity contribution in [3.63, 3.8) is 0 Å². The summed E-state index contributed by atoms with van der Waals surface area (Å²) in [5, 5.41) is 11.6. The smallest absolute Gasteiger partial charge is 0.433 e. The van der Waals surface area contributed by atoms with E-state index in [9.17, 15) is 18.0 Å². The van der Waals surface area contributed by atoms with Crippen molar-refractivity contribution in [2.75, 3.05) is 5.32 Å². The topological polar surface area (TPSA) is 62.2 Å². The standard InChI is InChI=1S/C12H11F3N2O2/c13-12(14,15)9-2-1-3-10(17-9)16-8-5-4-7(6-8)11(18)19/h1-5,7-8H,6H2,(H,16,17)(H,18,19). The van der Waals surface area contributed by atoms with Crippen molar-refractivity contribution in [2.24, 2.45) is 5.92 Å². The number of alkyl halides is 3. The van der Waals surface area contributed by atoms with Gasteiger partial charge in [0.2, 0.25) is 0 Å². The zero-order valence-electron chi connectivity index (χ0n) is 9.69. The molecule has 19 heavy (non-hydrogen) atoms. The molecule has 0 aliphatic heterocycles. The number of hydrogen-bond acceptors (Lipinski definition) is 3. The highest BCUT2D eigenvalue weighted by molar-refractivity contribution is 5.73. The number of anilines is 1. The molecule has 1 aromatic heterocycles. The number of aromatic nitrogens is 1. The molecule has 1 aromatic rings. The Morgan fingerprint density at radius 2 is 2.11 bits per heavy atom. The fourth-order valence-corrected chi connectivity index (χ4v) is 1.85. The van der Waals surface area contributed by atoms with Gasteiger partial charge in [0, 0.05) is 6.04 Å². The molecule has 2 unspecified atom stereocenters. The van der Waals surface area contributed by atoms with Crippen molar-refractivity contribution >= 4 is 11.8 Å². The molecule has 0 amide bonds. The van der Waals surface area contributed by atoms with Crippen LogP contribution in [0.1, 0.15) is 12.1 Å². The van der Waals surface area contributed by atoms with Gasteiger partial charge >= 0.3 is 12.1 Å². The lowest BCUT2D eigenvalue weighted by molar-refractivity contribution is -0.141. The monoisotopic (exact) mass is 272 g/mol. The van der Waals surface area contributed by atoms with E-state index >= 15 is 0 Å². The van der Waals surface area contributed by atoms with E-state index in [0.717, 1.165) is 6.07 Å². The minimum absolute atomic E-state index is 0.0792. The molecule has 1 heterocycles. The molecule has 0 saturated heterocycles. The predicted molar refractivity (Wildman–Crippen MR) is 61.5 cm³/mol. The van der Waals surface area contributed by atoms with Gasteiger partial charge in [-0.15, -0.1) is 0 Å². The summed E-state index contributed by atoms with van der Waals surface area (Å²) in [4.78, 5) is 14.2. The zero-order chi connectivity index (χ0) is 14.0. The third-order valence-corrected chi connectivity index (χ3v) is 2.77. The van der Waals surface area contributed by atoms with Crippen LogP contribution in [0.25, 0.3) is 0 Å². The van der Waals surface area contributed by atoms with E-state index in [4.69, 9.17) is 5.11 Å². The molecule has 0 saturated carbocycles. The molecule has 2 N–H and O–H groups in total. The average Bonchev–Trinajstić information content (AvgIpc) is 2.77. The Labute approximate surface area is 107 Å². The summed E-state index contributed by atoms with van der Waals surface area (Å²) >= 11 is 0.